The topological polar surface area (TPSA) is 38.3 Å². The molecule has 18 heavy (non-hydrogen) atoms. The highest BCUT2D eigenvalue weighted by Crippen LogP contribution is 2.09. The number of nitrogens with one attached hydrogen (secondary N) is 1. The van der Waals surface area contributed by atoms with Crippen molar-refractivity contribution in [3.63, 3.8) is 0 Å². The summed E-state index contributed by atoms with van der Waals surface area (Å²) in [4.78, 5) is 11.5. The molecule has 0 saturated carbocycles. The molecule has 0 fully saturated rings. The standard InChI is InChI=1S/C15H23NO2/c1-11-6-7-13(8-12(11)2)9-16-10-14(17)18-15(3,4)5/h6-8,16H,9-10H2,1-5H3. The Morgan fingerprint density at radius 3 is 2.44 bits per heavy atom. The molecule has 1 aromatic carbocycles. The molecule has 0 unspecified atom stereocenters. The normalized spacial score (nSPS) is 11.4. The lowest BCUT2D eigenvalue weighted by Gasteiger charge is -2.19. The van der Waals surface area contributed by atoms with Crippen LogP contribution in [0.1, 0.15) is 37.5 Å². The Balaban J connectivity index is 2.38. The molecular weight excluding hydrogens is 226 g/mol. The Labute approximate surface area is 110 Å². The molecule has 0 aliphatic heterocycles. The van der Waals surface area contributed by atoms with Gasteiger partial charge in [0.1, 0.15) is 5.60 Å². The predicted molar refractivity (Wildman–Crippen MR) is 73.5 cm³/mol. The first-order chi connectivity index (χ1) is 8.28. The van der Waals surface area contributed by atoms with E-state index in [1.54, 1.807) is 0 Å². The highest BCUT2D eigenvalue weighted by atomic mass is 16.6. The second-order valence-electron chi connectivity index (χ2n) is 5.61. The average Bonchev–Trinajstić information content (AvgIpc) is 2.20. The molecule has 1 aromatic rings. The van der Waals surface area contributed by atoms with Crippen LogP contribution in [0.5, 0.6) is 0 Å². The fourth-order valence-electron chi connectivity index (χ4n) is 1.60. The Kier molecular flexibility index (Phi) is 4.91. The monoisotopic (exact) mass is 249 g/mol. The van der Waals surface area contributed by atoms with E-state index in [1.165, 1.54) is 16.7 Å². The summed E-state index contributed by atoms with van der Waals surface area (Å²) in [5.74, 6) is -0.216. The molecule has 0 aromatic heterocycles. The molecule has 1 N–H and O–H groups in total. The highest BCUT2D eigenvalue weighted by Gasteiger charge is 2.15. The van der Waals surface area contributed by atoms with Gasteiger partial charge in [0.25, 0.3) is 0 Å². The molecule has 100 valence electrons. The van der Waals surface area contributed by atoms with Gasteiger partial charge in [-0.3, -0.25) is 4.79 Å². The van der Waals surface area contributed by atoms with Gasteiger partial charge < -0.3 is 10.1 Å². The lowest BCUT2D eigenvalue weighted by molar-refractivity contribution is -0.153. The van der Waals surface area contributed by atoms with E-state index in [4.69, 9.17) is 4.74 Å². The van der Waals surface area contributed by atoms with Crippen molar-refractivity contribution in [1.29, 1.82) is 0 Å². The van der Waals surface area contributed by atoms with Crippen LogP contribution in [0.2, 0.25) is 0 Å². The maximum atomic E-state index is 11.5. The van der Waals surface area contributed by atoms with Crippen LogP contribution < -0.4 is 5.32 Å². The zero-order valence-electron chi connectivity index (χ0n) is 12.0. The lowest BCUT2D eigenvalue weighted by Crippen LogP contribution is -2.31. The molecule has 1 rings (SSSR count). The molecule has 3 nitrogen and oxygen atoms in total. The minimum absolute atomic E-state index is 0.216. The summed E-state index contributed by atoms with van der Waals surface area (Å²) in [6, 6.07) is 6.31. The summed E-state index contributed by atoms with van der Waals surface area (Å²) in [7, 11) is 0. The SMILES string of the molecule is Cc1ccc(CNCC(=O)OC(C)(C)C)cc1C. The molecule has 3 heteroatoms. The fourth-order valence-corrected chi connectivity index (χ4v) is 1.60. The van der Waals surface area contributed by atoms with Crippen LogP contribution in [0.25, 0.3) is 0 Å². The highest BCUT2D eigenvalue weighted by molar-refractivity contribution is 5.72. The first-order valence-corrected chi connectivity index (χ1v) is 6.26. The first kappa shape index (κ1) is 14.7. The summed E-state index contributed by atoms with van der Waals surface area (Å²) < 4.78 is 5.22. The summed E-state index contributed by atoms with van der Waals surface area (Å²) in [6.45, 7) is 10.7. The first-order valence-electron chi connectivity index (χ1n) is 6.26. The summed E-state index contributed by atoms with van der Waals surface area (Å²) in [6.07, 6.45) is 0. The van der Waals surface area contributed by atoms with Crippen molar-refractivity contribution < 1.29 is 9.53 Å². The largest absolute Gasteiger partial charge is 0.459 e. The molecule has 0 bridgehead atoms. The number of aryl methyl sites for hydroxylation is 2. The molecule has 0 spiro atoms. The Hall–Kier alpha value is -1.35. The summed E-state index contributed by atoms with van der Waals surface area (Å²) in [5, 5.41) is 3.10. The van der Waals surface area contributed by atoms with Crippen LogP contribution in [0.15, 0.2) is 18.2 Å². The third kappa shape index (κ3) is 5.32. The number of benzene rings is 1. The van der Waals surface area contributed by atoms with Gasteiger partial charge in [-0.25, -0.2) is 0 Å². The number of carbonyl (C=O) groups is 1. The van der Waals surface area contributed by atoms with Crippen LogP contribution in [0, 0.1) is 13.8 Å². The average molecular weight is 249 g/mol. The van der Waals surface area contributed by atoms with Crippen LogP contribution in [-0.2, 0) is 16.1 Å². The van der Waals surface area contributed by atoms with E-state index in [9.17, 15) is 4.79 Å². The number of carbonyl (C=O) groups excluding carboxylic acids is 1. The Bertz CT molecular complexity index is 419. The summed E-state index contributed by atoms with van der Waals surface area (Å²) >= 11 is 0. The second kappa shape index (κ2) is 6.01. The van der Waals surface area contributed by atoms with E-state index in [1.807, 2.05) is 20.8 Å². The lowest BCUT2D eigenvalue weighted by atomic mass is 10.1. The van der Waals surface area contributed by atoms with E-state index in [0.29, 0.717) is 6.54 Å². The van der Waals surface area contributed by atoms with Gasteiger partial charge in [0, 0.05) is 6.54 Å². The van der Waals surface area contributed by atoms with Crippen LogP contribution in [-0.4, -0.2) is 18.1 Å². The van der Waals surface area contributed by atoms with Gasteiger partial charge in [-0.15, -0.1) is 0 Å². The van der Waals surface area contributed by atoms with Gasteiger partial charge in [-0.2, -0.15) is 0 Å². The molecule has 0 heterocycles. The Morgan fingerprint density at radius 1 is 1.22 bits per heavy atom. The number of esters is 1. The van der Waals surface area contributed by atoms with Gasteiger partial charge in [0.15, 0.2) is 0 Å². The molecule has 0 atom stereocenters. The predicted octanol–water partition coefficient (Wildman–Crippen LogP) is 2.73. The quantitative estimate of drug-likeness (QED) is 0.834. The van der Waals surface area contributed by atoms with E-state index in [2.05, 4.69) is 37.4 Å². The van der Waals surface area contributed by atoms with Gasteiger partial charge in [0.2, 0.25) is 0 Å². The van der Waals surface area contributed by atoms with Gasteiger partial charge in [-0.05, 0) is 51.3 Å². The maximum absolute atomic E-state index is 11.5. The van der Waals surface area contributed by atoms with E-state index >= 15 is 0 Å². The number of hydrogen-bond acceptors (Lipinski definition) is 3. The third-order valence-corrected chi connectivity index (χ3v) is 2.59. The molecule has 0 saturated heterocycles. The van der Waals surface area contributed by atoms with E-state index in [0.717, 1.165) is 0 Å². The maximum Gasteiger partial charge on any atom is 0.320 e. The van der Waals surface area contributed by atoms with Gasteiger partial charge in [-0.1, -0.05) is 18.2 Å². The molecule has 0 radical (unpaired) electrons. The molecular formula is C15H23NO2. The number of hydrogen-bond donors (Lipinski definition) is 1. The minimum Gasteiger partial charge on any atom is -0.459 e. The van der Waals surface area contributed by atoms with Gasteiger partial charge >= 0.3 is 5.97 Å². The van der Waals surface area contributed by atoms with Crippen LogP contribution in [0.3, 0.4) is 0 Å². The van der Waals surface area contributed by atoms with E-state index < -0.39 is 5.60 Å². The van der Waals surface area contributed by atoms with Crippen molar-refractivity contribution in [2.45, 2.75) is 46.8 Å². The van der Waals surface area contributed by atoms with Crippen molar-refractivity contribution in [1.82, 2.24) is 5.32 Å². The van der Waals surface area contributed by atoms with Crippen molar-refractivity contribution in [2.75, 3.05) is 6.54 Å². The number of rotatable bonds is 4. The molecule has 0 aliphatic carbocycles. The van der Waals surface area contributed by atoms with Crippen LogP contribution in [0.4, 0.5) is 0 Å². The van der Waals surface area contributed by atoms with Crippen LogP contribution >= 0.6 is 0 Å². The Morgan fingerprint density at radius 2 is 1.89 bits per heavy atom. The molecule has 0 amide bonds. The van der Waals surface area contributed by atoms with Crippen molar-refractivity contribution >= 4 is 5.97 Å². The van der Waals surface area contributed by atoms with Crippen molar-refractivity contribution in [3.8, 4) is 0 Å². The van der Waals surface area contributed by atoms with Crippen molar-refractivity contribution in [3.05, 3.63) is 34.9 Å². The van der Waals surface area contributed by atoms with E-state index in [-0.39, 0.29) is 12.5 Å². The minimum atomic E-state index is -0.417. The second-order valence-corrected chi connectivity index (χ2v) is 5.61. The third-order valence-electron chi connectivity index (χ3n) is 2.59. The summed E-state index contributed by atoms with van der Waals surface area (Å²) in [5.41, 5.74) is 3.32. The zero-order chi connectivity index (χ0) is 13.8. The van der Waals surface area contributed by atoms with Gasteiger partial charge in [0.05, 0.1) is 6.54 Å². The number of ether oxygens (including phenoxy) is 1. The zero-order valence-corrected chi connectivity index (χ0v) is 12.0. The fraction of sp³-hybridized carbons (Fsp3) is 0.533. The van der Waals surface area contributed by atoms with Crippen molar-refractivity contribution in [2.24, 2.45) is 0 Å². The smallest absolute Gasteiger partial charge is 0.320 e. The molecule has 0 aliphatic rings.